The third-order valence-corrected chi connectivity index (χ3v) is 5.67. The van der Waals surface area contributed by atoms with E-state index in [1.165, 1.54) is 11.3 Å². The summed E-state index contributed by atoms with van der Waals surface area (Å²) in [6.07, 6.45) is 0. The number of hydrogen-bond donors (Lipinski definition) is 1. The molecule has 1 aromatic heterocycles. The zero-order chi connectivity index (χ0) is 21.1. The second-order valence-corrected chi connectivity index (χ2v) is 8.08. The molecule has 0 atom stereocenters. The molecular formula is C22H13Cl2N3O2S. The molecule has 0 fully saturated rings. The summed E-state index contributed by atoms with van der Waals surface area (Å²) in [5.74, 6) is -0.449. The highest BCUT2D eigenvalue weighted by Gasteiger charge is 2.14. The number of aromatic nitrogens is 2. The molecule has 5 nitrogen and oxygen atoms in total. The summed E-state index contributed by atoms with van der Waals surface area (Å²) in [6, 6.07) is 20.5. The highest BCUT2D eigenvalue weighted by molar-refractivity contribution is 7.18. The van der Waals surface area contributed by atoms with Gasteiger partial charge in [0.05, 0.1) is 5.02 Å². The minimum atomic E-state index is -0.349. The van der Waals surface area contributed by atoms with Crippen molar-refractivity contribution >= 4 is 51.4 Å². The van der Waals surface area contributed by atoms with Crippen molar-refractivity contribution in [2.75, 3.05) is 5.32 Å². The molecule has 30 heavy (non-hydrogen) atoms. The number of carbonyl (C=O) groups excluding carboxylic acids is 2. The second-order valence-electron chi connectivity index (χ2n) is 6.26. The van der Waals surface area contributed by atoms with Crippen molar-refractivity contribution in [3.63, 3.8) is 0 Å². The van der Waals surface area contributed by atoms with Gasteiger partial charge in [0.15, 0.2) is 10.8 Å². The van der Waals surface area contributed by atoms with Crippen LogP contribution in [0, 0.1) is 0 Å². The predicted octanol–water partition coefficient (Wildman–Crippen LogP) is 6.00. The highest BCUT2D eigenvalue weighted by atomic mass is 35.5. The fourth-order valence-corrected chi connectivity index (χ4v) is 4.08. The Labute approximate surface area is 186 Å². The standard InChI is InChI=1S/C22H13Cl2N3O2S/c23-16-10-11-17(18(24)12-16)21-26-27-22(30-21)25-20(29)15-8-6-14(7-9-15)19(28)13-4-2-1-3-5-13/h1-12H,(H,25,27,29). The van der Waals surface area contributed by atoms with E-state index in [1.54, 1.807) is 54.6 Å². The van der Waals surface area contributed by atoms with Gasteiger partial charge in [0, 0.05) is 27.3 Å². The van der Waals surface area contributed by atoms with Gasteiger partial charge < -0.3 is 0 Å². The minimum Gasteiger partial charge on any atom is -0.296 e. The van der Waals surface area contributed by atoms with Crippen molar-refractivity contribution < 1.29 is 9.59 Å². The number of hydrogen-bond acceptors (Lipinski definition) is 5. The zero-order valence-corrected chi connectivity index (χ0v) is 17.6. The Hall–Kier alpha value is -3.06. The lowest BCUT2D eigenvalue weighted by atomic mass is 10.0. The van der Waals surface area contributed by atoms with Crippen LogP contribution in [0.25, 0.3) is 10.6 Å². The molecule has 0 aliphatic rings. The van der Waals surface area contributed by atoms with Crippen molar-refractivity contribution in [2.45, 2.75) is 0 Å². The van der Waals surface area contributed by atoms with Gasteiger partial charge in [-0.3, -0.25) is 14.9 Å². The maximum atomic E-state index is 12.5. The molecule has 1 amide bonds. The number of halogens is 2. The Morgan fingerprint density at radius 3 is 2.17 bits per heavy atom. The van der Waals surface area contributed by atoms with E-state index in [0.717, 1.165) is 0 Å². The monoisotopic (exact) mass is 453 g/mol. The van der Waals surface area contributed by atoms with E-state index in [2.05, 4.69) is 15.5 Å². The molecule has 1 N–H and O–H groups in total. The number of benzene rings is 3. The topological polar surface area (TPSA) is 72.0 Å². The second kappa shape index (κ2) is 8.75. The van der Waals surface area contributed by atoms with Gasteiger partial charge in [-0.2, -0.15) is 0 Å². The molecule has 0 saturated carbocycles. The highest BCUT2D eigenvalue weighted by Crippen LogP contribution is 2.33. The maximum absolute atomic E-state index is 12.5. The Balaban J connectivity index is 1.47. The van der Waals surface area contributed by atoms with E-state index in [0.29, 0.717) is 42.4 Å². The number of nitrogens with zero attached hydrogens (tertiary/aromatic N) is 2. The summed E-state index contributed by atoms with van der Waals surface area (Å²) < 4.78 is 0. The predicted molar refractivity (Wildman–Crippen MR) is 120 cm³/mol. The van der Waals surface area contributed by atoms with E-state index < -0.39 is 0 Å². The van der Waals surface area contributed by atoms with Crippen molar-refractivity contribution in [3.8, 4) is 10.6 Å². The summed E-state index contributed by atoms with van der Waals surface area (Å²) >= 11 is 13.3. The minimum absolute atomic E-state index is 0.101. The normalized spacial score (nSPS) is 10.6. The van der Waals surface area contributed by atoms with Crippen LogP contribution >= 0.6 is 34.5 Å². The largest absolute Gasteiger partial charge is 0.296 e. The van der Waals surface area contributed by atoms with Crippen LogP contribution in [0.1, 0.15) is 26.3 Å². The Morgan fingerprint density at radius 2 is 1.47 bits per heavy atom. The van der Waals surface area contributed by atoms with E-state index in [1.807, 2.05) is 18.2 Å². The van der Waals surface area contributed by atoms with Gasteiger partial charge in [-0.05, 0) is 30.3 Å². The van der Waals surface area contributed by atoms with Gasteiger partial charge >= 0.3 is 0 Å². The summed E-state index contributed by atoms with van der Waals surface area (Å²) in [7, 11) is 0. The van der Waals surface area contributed by atoms with Crippen LogP contribution in [0.2, 0.25) is 10.0 Å². The average Bonchev–Trinajstić information content (AvgIpc) is 3.22. The fraction of sp³-hybridized carbons (Fsp3) is 0. The molecule has 4 rings (SSSR count). The maximum Gasteiger partial charge on any atom is 0.257 e. The first-order chi connectivity index (χ1) is 14.5. The van der Waals surface area contributed by atoms with E-state index in [-0.39, 0.29) is 11.7 Å². The van der Waals surface area contributed by atoms with Gasteiger partial charge in [-0.1, -0.05) is 77.0 Å². The molecule has 3 aromatic carbocycles. The molecule has 0 radical (unpaired) electrons. The molecule has 1 heterocycles. The van der Waals surface area contributed by atoms with E-state index in [9.17, 15) is 9.59 Å². The van der Waals surface area contributed by atoms with Crippen LogP contribution in [0.3, 0.4) is 0 Å². The molecule has 0 spiro atoms. The molecule has 0 bridgehead atoms. The third kappa shape index (κ3) is 4.41. The number of anilines is 1. The van der Waals surface area contributed by atoms with Gasteiger partial charge in [0.2, 0.25) is 5.13 Å². The van der Waals surface area contributed by atoms with Crippen molar-refractivity contribution in [1.82, 2.24) is 10.2 Å². The van der Waals surface area contributed by atoms with Crippen LogP contribution in [-0.2, 0) is 0 Å². The third-order valence-electron chi connectivity index (χ3n) is 4.25. The van der Waals surface area contributed by atoms with E-state index >= 15 is 0 Å². The lowest BCUT2D eigenvalue weighted by molar-refractivity contribution is 0.102. The summed E-state index contributed by atoms with van der Waals surface area (Å²) in [6.45, 7) is 0. The molecule has 0 aliphatic heterocycles. The molecular weight excluding hydrogens is 441 g/mol. The van der Waals surface area contributed by atoms with Crippen LogP contribution in [-0.4, -0.2) is 21.9 Å². The first-order valence-corrected chi connectivity index (χ1v) is 10.4. The van der Waals surface area contributed by atoms with Crippen LogP contribution < -0.4 is 5.32 Å². The van der Waals surface area contributed by atoms with Crippen molar-refractivity contribution in [1.29, 1.82) is 0 Å². The van der Waals surface area contributed by atoms with Crippen LogP contribution in [0.4, 0.5) is 5.13 Å². The number of nitrogens with one attached hydrogen (secondary N) is 1. The molecule has 0 saturated heterocycles. The molecule has 8 heteroatoms. The fourth-order valence-electron chi connectivity index (χ4n) is 2.74. The first-order valence-electron chi connectivity index (χ1n) is 8.81. The molecule has 0 aliphatic carbocycles. The lowest BCUT2D eigenvalue weighted by Gasteiger charge is -2.04. The smallest absolute Gasteiger partial charge is 0.257 e. The van der Waals surface area contributed by atoms with Gasteiger partial charge in [0.1, 0.15) is 0 Å². The Bertz CT molecular complexity index is 1220. The number of carbonyl (C=O) groups is 2. The number of rotatable bonds is 5. The zero-order valence-electron chi connectivity index (χ0n) is 15.3. The Morgan fingerprint density at radius 1 is 0.800 bits per heavy atom. The van der Waals surface area contributed by atoms with Crippen LogP contribution in [0.5, 0.6) is 0 Å². The molecule has 0 unspecified atom stereocenters. The molecule has 148 valence electrons. The first kappa shape index (κ1) is 20.2. The molecule has 4 aromatic rings. The quantitative estimate of drug-likeness (QED) is 0.376. The van der Waals surface area contributed by atoms with Crippen LogP contribution in [0.15, 0.2) is 72.8 Å². The SMILES string of the molecule is O=C(Nc1nnc(-c2ccc(Cl)cc2Cl)s1)c1ccc(C(=O)c2ccccc2)cc1. The van der Waals surface area contributed by atoms with Gasteiger partial charge in [-0.15, -0.1) is 10.2 Å². The lowest BCUT2D eigenvalue weighted by Crippen LogP contribution is -2.12. The van der Waals surface area contributed by atoms with Gasteiger partial charge in [-0.25, -0.2) is 0 Å². The van der Waals surface area contributed by atoms with E-state index in [4.69, 9.17) is 23.2 Å². The number of amides is 1. The summed E-state index contributed by atoms with van der Waals surface area (Å²) in [5, 5.41) is 12.7. The summed E-state index contributed by atoms with van der Waals surface area (Å²) in [4.78, 5) is 25.0. The van der Waals surface area contributed by atoms with Crippen molar-refractivity contribution in [2.24, 2.45) is 0 Å². The number of ketones is 1. The Kier molecular flexibility index (Phi) is 5.90. The summed E-state index contributed by atoms with van der Waals surface area (Å²) in [5.41, 5.74) is 2.19. The van der Waals surface area contributed by atoms with Gasteiger partial charge in [0.25, 0.3) is 5.91 Å². The van der Waals surface area contributed by atoms with Crippen molar-refractivity contribution in [3.05, 3.63) is 99.5 Å². The average molecular weight is 454 g/mol.